The van der Waals surface area contributed by atoms with Gasteiger partial charge in [-0.1, -0.05) is 52.7 Å². The normalized spacial score (nSPS) is 23.0. The first-order valence-corrected chi connectivity index (χ1v) is 13.1. The number of fused-ring (bicyclic) bond motifs is 2. The van der Waals surface area contributed by atoms with E-state index in [-0.39, 0.29) is 58.6 Å². The molecule has 35 heavy (non-hydrogen) atoms. The summed E-state index contributed by atoms with van der Waals surface area (Å²) in [5.74, 6) is -0.511. The summed E-state index contributed by atoms with van der Waals surface area (Å²) in [5.41, 5.74) is 6.28. The molecule has 1 aromatic carbocycles. The Morgan fingerprint density at radius 1 is 1.11 bits per heavy atom. The van der Waals surface area contributed by atoms with Gasteiger partial charge in [0.2, 0.25) is 0 Å². The first-order valence-electron chi connectivity index (χ1n) is 13.1. The Hall–Kier alpha value is -2.36. The molecule has 0 aliphatic heterocycles. The number of hydrogen-bond acceptors (Lipinski definition) is 4. The highest BCUT2D eigenvalue weighted by Crippen LogP contribution is 2.49. The molecule has 0 fully saturated rings. The summed E-state index contributed by atoms with van der Waals surface area (Å²) in [6.45, 7) is 17.5. The number of carbonyl (C=O) groups is 4. The van der Waals surface area contributed by atoms with Gasteiger partial charge in [-0.05, 0) is 86.5 Å². The number of hydrogen-bond donors (Lipinski definition) is 0. The molecule has 1 aromatic rings. The number of allylic oxidation sites excluding steroid dienone is 2. The van der Waals surface area contributed by atoms with Crippen LogP contribution in [-0.2, 0) is 26.2 Å². The van der Waals surface area contributed by atoms with Crippen molar-refractivity contribution in [1.29, 1.82) is 0 Å². The van der Waals surface area contributed by atoms with Gasteiger partial charge in [0.1, 0.15) is 17.3 Å². The van der Waals surface area contributed by atoms with Crippen LogP contribution in [-0.4, -0.2) is 23.1 Å². The SMILES string of the molecule is CCCC1CC2Cc3c(C(C)C(C)=O)cc(C(C)(C)C)c(C)c3C(=O)C2=C(C)C1C(=O)CC(C)=O. The molecular weight excluding hydrogens is 436 g/mol. The first kappa shape index (κ1) is 27.2. The molecule has 0 spiro atoms. The minimum atomic E-state index is -0.364. The molecule has 4 atom stereocenters. The second-order valence-electron chi connectivity index (χ2n) is 12.0. The number of rotatable bonds is 7. The van der Waals surface area contributed by atoms with Crippen molar-refractivity contribution >= 4 is 23.1 Å². The Balaban J connectivity index is 2.27. The van der Waals surface area contributed by atoms with Gasteiger partial charge in [-0.25, -0.2) is 0 Å². The summed E-state index contributed by atoms with van der Waals surface area (Å²) in [6, 6.07) is 2.17. The van der Waals surface area contributed by atoms with E-state index in [0.29, 0.717) is 0 Å². The second-order valence-corrected chi connectivity index (χ2v) is 12.0. The molecule has 4 unspecified atom stereocenters. The van der Waals surface area contributed by atoms with E-state index >= 15 is 0 Å². The molecular formula is C31H42O4. The molecule has 0 saturated carbocycles. The lowest BCUT2D eigenvalue weighted by Crippen LogP contribution is -2.39. The van der Waals surface area contributed by atoms with Crippen LogP contribution in [0.15, 0.2) is 17.2 Å². The van der Waals surface area contributed by atoms with Crippen LogP contribution < -0.4 is 0 Å². The van der Waals surface area contributed by atoms with Crippen LogP contribution in [0.25, 0.3) is 0 Å². The summed E-state index contributed by atoms with van der Waals surface area (Å²) in [7, 11) is 0. The highest BCUT2D eigenvalue weighted by molar-refractivity contribution is 6.14. The van der Waals surface area contributed by atoms with Crippen molar-refractivity contribution in [2.75, 3.05) is 0 Å². The van der Waals surface area contributed by atoms with Crippen molar-refractivity contribution in [2.24, 2.45) is 17.8 Å². The zero-order chi connectivity index (χ0) is 26.4. The molecule has 0 N–H and O–H groups in total. The number of Topliss-reactive ketones (excluding diaryl/α,β-unsaturated/α-hetero) is 4. The largest absolute Gasteiger partial charge is 0.300 e. The fraction of sp³-hybridized carbons (Fsp3) is 0.613. The molecule has 0 aromatic heterocycles. The summed E-state index contributed by atoms with van der Waals surface area (Å²) in [4.78, 5) is 51.7. The lowest BCUT2D eigenvalue weighted by molar-refractivity contribution is -0.129. The quantitative estimate of drug-likeness (QED) is 0.412. The van der Waals surface area contributed by atoms with Crippen LogP contribution in [0.2, 0.25) is 0 Å². The van der Waals surface area contributed by atoms with E-state index in [0.717, 1.165) is 64.6 Å². The van der Waals surface area contributed by atoms with Crippen molar-refractivity contribution < 1.29 is 19.2 Å². The Labute approximate surface area is 210 Å². The van der Waals surface area contributed by atoms with Gasteiger partial charge in [0.05, 0.1) is 6.42 Å². The summed E-state index contributed by atoms with van der Waals surface area (Å²) >= 11 is 0. The van der Waals surface area contributed by atoms with Crippen LogP contribution >= 0.6 is 0 Å². The van der Waals surface area contributed by atoms with Crippen LogP contribution in [0.1, 0.15) is 120 Å². The van der Waals surface area contributed by atoms with Gasteiger partial charge < -0.3 is 0 Å². The molecule has 0 radical (unpaired) electrons. The molecule has 0 bridgehead atoms. The molecule has 4 heteroatoms. The van der Waals surface area contributed by atoms with E-state index in [1.807, 2.05) is 20.8 Å². The Bertz CT molecular complexity index is 1110. The van der Waals surface area contributed by atoms with Crippen LogP contribution in [0.5, 0.6) is 0 Å². The van der Waals surface area contributed by atoms with Gasteiger partial charge in [-0.15, -0.1) is 0 Å². The van der Waals surface area contributed by atoms with Gasteiger partial charge in [-0.3, -0.25) is 19.2 Å². The van der Waals surface area contributed by atoms with E-state index < -0.39 is 0 Å². The molecule has 2 aliphatic carbocycles. The molecule has 4 nitrogen and oxygen atoms in total. The highest BCUT2D eigenvalue weighted by atomic mass is 16.1. The van der Waals surface area contributed by atoms with Gasteiger partial charge in [-0.2, -0.15) is 0 Å². The molecule has 0 saturated heterocycles. The minimum absolute atomic E-state index is 0.0184. The number of ketones is 4. The van der Waals surface area contributed by atoms with Crippen molar-refractivity contribution in [2.45, 2.75) is 106 Å². The fourth-order valence-electron chi connectivity index (χ4n) is 6.68. The van der Waals surface area contributed by atoms with E-state index in [2.05, 4.69) is 33.8 Å². The molecule has 190 valence electrons. The lowest BCUT2D eigenvalue weighted by Gasteiger charge is -2.42. The summed E-state index contributed by atoms with van der Waals surface area (Å²) < 4.78 is 0. The predicted molar refractivity (Wildman–Crippen MR) is 140 cm³/mol. The Kier molecular flexibility index (Phi) is 7.74. The Morgan fingerprint density at radius 2 is 1.74 bits per heavy atom. The van der Waals surface area contributed by atoms with Gasteiger partial charge >= 0.3 is 0 Å². The van der Waals surface area contributed by atoms with Gasteiger partial charge in [0, 0.05) is 23.0 Å². The lowest BCUT2D eigenvalue weighted by atomic mass is 9.61. The second kappa shape index (κ2) is 9.95. The van der Waals surface area contributed by atoms with Crippen LogP contribution in [0.3, 0.4) is 0 Å². The van der Waals surface area contributed by atoms with Crippen LogP contribution in [0, 0.1) is 24.7 Å². The number of carbonyl (C=O) groups excluding carboxylic acids is 4. The Morgan fingerprint density at radius 3 is 2.26 bits per heavy atom. The average molecular weight is 479 g/mol. The smallest absolute Gasteiger partial charge is 0.189 e. The topological polar surface area (TPSA) is 68.3 Å². The van der Waals surface area contributed by atoms with Crippen molar-refractivity contribution in [3.63, 3.8) is 0 Å². The standard InChI is InChI=1S/C31H42O4/c1-10-11-21-13-22-14-24-23(17(3)20(6)33)15-25(31(7,8)9)18(4)29(24)30(35)28(22)19(5)27(21)26(34)12-16(2)32/h15,17,21-22,27H,10-14H2,1-9H3. The zero-order valence-electron chi connectivity index (χ0n) is 23.1. The van der Waals surface area contributed by atoms with E-state index in [9.17, 15) is 19.2 Å². The highest BCUT2D eigenvalue weighted by Gasteiger charge is 2.45. The van der Waals surface area contributed by atoms with Crippen molar-refractivity contribution in [1.82, 2.24) is 0 Å². The third-order valence-electron chi connectivity index (χ3n) is 8.32. The third kappa shape index (κ3) is 4.99. The predicted octanol–water partition coefficient (Wildman–Crippen LogP) is 6.64. The maximum Gasteiger partial charge on any atom is 0.189 e. The van der Waals surface area contributed by atoms with E-state index in [1.165, 1.54) is 6.92 Å². The van der Waals surface area contributed by atoms with E-state index in [4.69, 9.17) is 0 Å². The maximum atomic E-state index is 14.2. The van der Waals surface area contributed by atoms with Crippen molar-refractivity contribution in [3.05, 3.63) is 45.0 Å². The maximum absolute atomic E-state index is 14.2. The fourth-order valence-corrected chi connectivity index (χ4v) is 6.68. The van der Waals surface area contributed by atoms with Crippen molar-refractivity contribution in [3.8, 4) is 0 Å². The molecule has 3 rings (SSSR count). The van der Waals surface area contributed by atoms with Crippen LogP contribution in [0.4, 0.5) is 0 Å². The first-order chi connectivity index (χ1) is 16.2. The zero-order valence-corrected chi connectivity index (χ0v) is 23.1. The molecule has 0 heterocycles. The third-order valence-corrected chi connectivity index (χ3v) is 8.32. The summed E-state index contributed by atoms with van der Waals surface area (Å²) in [6.07, 6.45) is 3.27. The van der Waals surface area contributed by atoms with Gasteiger partial charge in [0.25, 0.3) is 0 Å². The minimum Gasteiger partial charge on any atom is -0.300 e. The average Bonchev–Trinajstić information content (AvgIpc) is 2.71. The number of benzene rings is 1. The molecule has 0 amide bonds. The van der Waals surface area contributed by atoms with Gasteiger partial charge in [0.15, 0.2) is 5.78 Å². The summed E-state index contributed by atoms with van der Waals surface area (Å²) in [5, 5.41) is 0. The van der Waals surface area contributed by atoms with E-state index in [1.54, 1.807) is 6.92 Å². The monoisotopic (exact) mass is 478 g/mol. The molecule has 2 aliphatic rings.